The van der Waals surface area contributed by atoms with Crippen molar-refractivity contribution in [3.05, 3.63) is 53.6 Å². The highest BCUT2D eigenvalue weighted by Gasteiger charge is 2.47. The van der Waals surface area contributed by atoms with Crippen molar-refractivity contribution in [3.63, 3.8) is 0 Å². The predicted molar refractivity (Wildman–Crippen MR) is 134 cm³/mol. The Morgan fingerprint density at radius 2 is 1.74 bits per heavy atom. The molecule has 2 aromatic carbocycles. The molecule has 204 valence electrons. The molecule has 2 aliphatic rings. The summed E-state index contributed by atoms with van der Waals surface area (Å²) in [5, 5.41) is 6.25. The number of amides is 2. The van der Waals surface area contributed by atoms with Gasteiger partial charge in [-0.05, 0) is 63.1 Å². The molecule has 1 saturated heterocycles. The number of hydrogen-bond donors (Lipinski definition) is 0. The SMILES string of the molecule is COc1ccc(C2=NN(C3CCN(C(=O)c4cccc(OCC(F)(F)F)c4)CC3)C(=O)C2(C)C)cc1OC. The van der Waals surface area contributed by atoms with Gasteiger partial charge in [0.05, 0.1) is 31.4 Å². The quantitative estimate of drug-likeness (QED) is 0.523. The van der Waals surface area contributed by atoms with Gasteiger partial charge in [0.1, 0.15) is 5.75 Å². The number of nitrogens with zero attached hydrogens (tertiary/aromatic N) is 3. The van der Waals surface area contributed by atoms with Gasteiger partial charge in [-0.25, -0.2) is 5.01 Å². The molecule has 2 heterocycles. The zero-order valence-electron chi connectivity index (χ0n) is 21.7. The molecular weight excluding hydrogens is 503 g/mol. The van der Waals surface area contributed by atoms with Gasteiger partial charge in [-0.1, -0.05) is 6.07 Å². The minimum Gasteiger partial charge on any atom is -0.493 e. The Balaban J connectivity index is 1.45. The van der Waals surface area contributed by atoms with Gasteiger partial charge in [0.15, 0.2) is 18.1 Å². The van der Waals surface area contributed by atoms with Gasteiger partial charge in [-0.2, -0.15) is 18.3 Å². The van der Waals surface area contributed by atoms with Crippen LogP contribution in [0.25, 0.3) is 0 Å². The molecule has 0 radical (unpaired) electrons. The van der Waals surface area contributed by atoms with E-state index in [-0.39, 0.29) is 29.2 Å². The zero-order valence-corrected chi connectivity index (χ0v) is 21.7. The van der Waals surface area contributed by atoms with Gasteiger partial charge in [0.25, 0.3) is 11.8 Å². The van der Waals surface area contributed by atoms with E-state index in [1.807, 2.05) is 19.9 Å². The van der Waals surface area contributed by atoms with Crippen LogP contribution in [0.1, 0.15) is 42.6 Å². The molecule has 2 aromatic rings. The number of carbonyl (C=O) groups excluding carboxylic acids is 2. The van der Waals surface area contributed by atoms with Gasteiger partial charge in [-0.15, -0.1) is 0 Å². The van der Waals surface area contributed by atoms with Gasteiger partial charge < -0.3 is 19.1 Å². The minimum atomic E-state index is -4.47. The highest BCUT2D eigenvalue weighted by molar-refractivity contribution is 6.19. The lowest BCUT2D eigenvalue weighted by Gasteiger charge is -2.35. The van der Waals surface area contributed by atoms with E-state index in [1.54, 1.807) is 37.3 Å². The van der Waals surface area contributed by atoms with Crippen molar-refractivity contribution in [2.45, 2.75) is 38.9 Å². The van der Waals surface area contributed by atoms with Crippen LogP contribution in [0.5, 0.6) is 17.2 Å². The second-order valence-corrected chi connectivity index (χ2v) is 9.75. The average molecular weight is 534 g/mol. The molecule has 0 aliphatic carbocycles. The fourth-order valence-electron chi connectivity index (χ4n) is 4.70. The summed E-state index contributed by atoms with van der Waals surface area (Å²) < 4.78 is 52.9. The van der Waals surface area contributed by atoms with E-state index in [9.17, 15) is 22.8 Å². The highest BCUT2D eigenvalue weighted by Crippen LogP contribution is 2.37. The van der Waals surface area contributed by atoms with Gasteiger partial charge >= 0.3 is 6.18 Å². The van der Waals surface area contributed by atoms with E-state index in [4.69, 9.17) is 19.3 Å². The molecule has 0 unspecified atom stereocenters. The van der Waals surface area contributed by atoms with E-state index in [2.05, 4.69) is 0 Å². The van der Waals surface area contributed by atoms with Crippen molar-refractivity contribution >= 4 is 17.5 Å². The van der Waals surface area contributed by atoms with Gasteiger partial charge in [0, 0.05) is 24.2 Å². The van der Waals surface area contributed by atoms with E-state index in [0.717, 1.165) is 5.56 Å². The van der Waals surface area contributed by atoms with Crippen molar-refractivity contribution in [1.29, 1.82) is 0 Å². The van der Waals surface area contributed by atoms with Gasteiger partial charge in [-0.3, -0.25) is 9.59 Å². The summed E-state index contributed by atoms with van der Waals surface area (Å²) >= 11 is 0. The van der Waals surface area contributed by atoms with Crippen LogP contribution in [-0.4, -0.2) is 73.6 Å². The molecule has 4 rings (SSSR count). The number of methoxy groups -OCH3 is 2. The van der Waals surface area contributed by atoms with Crippen LogP contribution >= 0.6 is 0 Å². The first-order valence-electron chi connectivity index (χ1n) is 12.2. The smallest absolute Gasteiger partial charge is 0.422 e. The Labute approximate surface area is 218 Å². The van der Waals surface area contributed by atoms with E-state index < -0.39 is 18.2 Å². The molecule has 1 fully saturated rings. The van der Waals surface area contributed by atoms with Crippen molar-refractivity contribution in [2.75, 3.05) is 33.9 Å². The first kappa shape index (κ1) is 27.3. The van der Waals surface area contributed by atoms with E-state index in [1.165, 1.54) is 23.2 Å². The van der Waals surface area contributed by atoms with Crippen molar-refractivity contribution in [2.24, 2.45) is 10.5 Å². The monoisotopic (exact) mass is 533 g/mol. The van der Waals surface area contributed by atoms with Gasteiger partial charge in [0.2, 0.25) is 0 Å². The Bertz CT molecular complexity index is 1240. The number of rotatable bonds is 7. The first-order valence-corrected chi connectivity index (χ1v) is 12.2. The molecule has 0 N–H and O–H groups in total. The lowest BCUT2D eigenvalue weighted by molar-refractivity contribution is -0.153. The van der Waals surface area contributed by atoms with Crippen LogP contribution in [0.4, 0.5) is 13.2 Å². The number of ether oxygens (including phenoxy) is 3. The highest BCUT2D eigenvalue weighted by atomic mass is 19.4. The van der Waals surface area contributed by atoms with Crippen LogP contribution in [0, 0.1) is 5.41 Å². The van der Waals surface area contributed by atoms with Crippen molar-refractivity contribution in [1.82, 2.24) is 9.91 Å². The summed E-state index contributed by atoms with van der Waals surface area (Å²) in [5.74, 6) is 0.662. The second kappa shape index (κ2) is 10.5. The summed E-state index contributed by atoms with van der Waals surface area (Å²) in [7, 11) is 3.09. The predicted octanol–water partition coefficient (Wildman–Crippen LogP) is 4.52. The average Bonchev–Trinajstić information content (AvgIpc) is 3.15. The lowest BCUT2D eigenvalue weighted by atomic mass is 9.83. The Morgan fingerprint density at radius 3 is 2.37 bits per heavy atom. The Morgan fingerprint density at radius 1 is 1.05 bits per heavy atom. The maximum absolute atomic E-state index is 13.4. The summed E-state index contributed by atoms with van der Waals surface area (Å²) in [6.45, 7) is 2.99. The van der Waals surface area contributed by atoms with Crippen molar-refractivity contribution < 1.29 is 37.0 Å². The number of likely N-dealkylation sites (tertiary alicyclic amines) is 1. The van der Waals surface area contributed by atoms with Crippen LogP contribution in [0.2, 0.25) is 0 Å². The Kier molecular flexibility index (Phi) is 7.57. The first-order chi connectivity index (χ1) is 17.9. The van der Waals surface area contributed by atoms with Crippen LogP contribution in [0.3, 0.4) is 0 Å². The number of piperidine rings is 1. The number of halogens is 3. The number of carbonyl (C=O) groups is 2. The fourth-order valence-corrected chi connectivity index (χ4v) is 4.70. The van der Waals surface area contributed by atoms with Crippen LogP contribution in [0.15, 0.2) is 47.6 Å². The molecule has 8 nitrogen and oxygen atoms in total. The molecular formula is C27H30F3N3O5. The normalized spacial score (nSPS) is 17.9. The number of hydrogen-bond acceptors (Lipinski definition) is 6. The zero-order chi connectivity index (χ0) is 27.7. The molecule has 38 heavy (non-hydrogen) atoms. The molecule has 0 saturated carbocycles. The summed E-state index contributed by atoms with van der Waals surface area (Å²) in [6, 6.07) is 10.9. The number of hydrazone groups is 1. The number of alkyl halides is 3. The molecule has 0 spiro atoms. The van der Waals surface area contributed by atoms with Crippen LogP contribution < -0.4 is 14.2 Å². The summed E-state index contributed by atoms with van der Waals surface area (Å²) in [6.07, 6.45) is -3.44. The van der Waals surface area contributed by atoms with Crippen LogP contribution in [-0.2, 0) is 4.79 Å². The summed E-state index contributed by atoms with van der Waals surface area (Å²) in [5.41, 5.74) is 0.764. The third kappa shape index (κ3) is 5.56. The fraction of sp³-hybridized carbons (Fsp3) is 0.444. The third-order valence-corrected chi connectivity index (χ3v) is 6.78. The molecule has 0 bridgehead atoms. The largest absolute Gasteiger partial charge is 0.493 e. The Hall–Kier alpha value is -3.76. The summed E-state index contributed by atoms with van der Waals surface area (Å²) in [4.78, 5) is 28.0. The lowest BCUT2D eigenvalue weighted by Crippen LogP contribution is -2.47. The van der Waals surface area contributed by atoms with E-state index >= 15 is 0 Å². The maximum Gasteiger partial charge on any atom is 0.422 e. The molecule has 11 heteroatoms. The number of benzene rings is 2. The molecule has 0 aromatic heterocycles. The topological polar surface area (TPSA) is 80.7 Å². The molecule has 0 atom stereocenters. The van der Waals surface area contributed by atoms with Crippen molar-refractivity contribution in [3.8, 4) is 17.2 Å². The standard InChI is InChI=1S/C27H30F3N3O5/c1-26(2)23(17-8-9-21(36-3)22(15-17)37-4)31-33(25(26)35)19-10-12-32(13-11-19)24(34)18-6-5-7-20(14-18)38-16-27(28,29)30/h5-9,14-15,19H,10-13,16H2,1-4H3. The van der Waals surface area contributed by atoms with E-state index in [0.29, 0.717) is 43.1 Å². The molecule has 2 amide bonds. The maximum atomic E-state index is 13.4. The third-order valence-electron chi connectivity index (χ3n) is 6.78. The second-order valence-electron chi connectivity index (χ2n) is 9.75. The molecule has 2 aliphatic heterocycles. The minimum absolute atomic E-state index is 0.0232.